The van der Waals surface area contributed by atoms with Crippen LogP contribution in [0.25, 0.3) is 11.1 Å². The average Bonchev–Trinajstić information content (AvgIpc) is 2.69. The third-order valence-corrected chi connectivity index (χ3v) is 4.66. The fourth-order valence-corrected chi connectivity index (χ4v) is 3.46. The van der Waals surface area contributed by atoms with E-state index in [-0.39, 0.29) is 0 Å². The van der Waals surface area contributed by atoms with Crippen molar-refractivity contribution >= 4 is 5.88 Å². The quantitative estimate of drug-likeness (QED) is 0.828. The van der Waals surface area contributed by atoms with E-state index in [2.05, 4.69) is 24.2 Å². The Kier molecular flexibility index (Phi) is 4.28. The highest BCUT2D eigenvalue weighted by molar-refractivity contribution is 5.77. The van der Waals surface area contributed by atoms with Crippen LogP contribution in [0.5, 0.6) is 0 Å². The molecule has 1 saturated carbocycles. The number of hydrogen-bond donors (Lipinski definition) is 1. The van der Waals surface area contributed by atoms with E-state index >= 15 is 0 Å². The largest absolute Gasteiger partial charge is 0.367 e. The monoisotopic (exact) mass is 284 g/mol. The summed E-state index contributed by atoms with van der Waals surface area (Å²) in [5.41, 5.74) is 10.5. The molecule has 0 amide bonds. The first kappa shape index (κ1) is 14.2. The Bertz CT molecular complexity index is 595. The van der Waals surface area contributed by atoms with Gasteiger partial charge in [0.25, 0.3) is 0 Å². The second-order valence-corrected chi connectivity index (χ2v) is 6.25. The van der Waals surface area contributed by atoms with E-state index in [9.17, 15) is 0 Å². The zero-order valence-corrected chi connectivity index (χ0v) is 12.8. The number of nitrogens with zero attached hydrogens (tertiary/aromatic N) is 1. The van der Waals surface area contributed by atoms with Crippen LogP contribution in [0.3, 0.4) is 0 Å². The highest BCUT2D eigenvalue weighted by atomic mass is 16.5. The minimum atomic E-state index is 0.452. The Balaban J connectivity index is 1.88. The summed E-state index contributed by atoms with van der Waals surface area (Å²) in [5, 5.41) is 4.26. The number of aromatic nitrogens is 1. The smallest absolute Gasteiger partial charge is 0.230 e. The van der Waals surface area contributed by atoms with Gasteiger partial charge >= 0.3 is 0 Å². The van der Waals surface area contributed by atoms with Gasteiger partial charge < -0.3 is 10.3 Å². The van der Waals surface area contributed by atoms with E-state index in [1.807, 2.05) is 12.1 Å². The maximum Gasteiger partial charge on any atom is 0.230 e. The van der Waals surface area contributed by atoms with Crippen molar-refractivity contribution in [3.63, 3.8) is 0 Å². The fourth-order valence-electron chi connectivity index (χ4n) is 3.46. The zero-order chi connectivity index (χ0) is 14.7. The second-order valence-electron chi connectivity index (χ2n) is 6.25. The van der Waals surface area contributed by atoms with Crippen molar-refractivity contribution in [2.24, 2.45) is 5.92 Å². The van der Waals surface area contributed by atoms with Gasteiger partial charge in [-0.3, -0.25) is 0 Å². The molecule has 1 aliphatic carbocycles. The van der Waals surface area contributed by atoms with E-state index < -0.39 is 0 Å². The van der Waals surface area contributed by atoms with Gasteiger partial charge in [-0.25, -0.2) is 0 Å². The van der Waals surface area contributed by atoms with Gasteiger partial charge in [0.2, 0.25) is 5.88 Å². The van der Waals surface area contributed by atoms with Crippen molar-refractivity contribution in [1.82, 2.24) is 5.16 Å². The summed E-state index contributed by atoms with van der Waals surface area (Å²) in [7, 11) is 0. The topological polar surface area (TPSA) is 52.0 Å². The number of nitrogen functional groups attached to an aromatic ring is 1. The molecule has 1 heterocycles. The summed E-state index contributed by atoms with van der Waals surface area (Å²) >= 11 is 0. The lowest BCUT2D eigenvalue weighted by molar-refractivity contribution is 0.403. The van der Waals surface area contributed by atoms with Gasteiger partial charge in [-0.2, -0.15) is 0 Å². The summed E-state index contributed by atoms with van der Waals surface area (Å²) in [5.74, 6) is 1.17. The minimum Gasteiger partial charge on any atom is -0.367 e. The molecule has 0 aliphatic heterocycles. The van der Waals surface area contributed by atoms with Crippen molar-refractivity contribution in [2.45, 2.75) is 51.9 Å². The highest BCUT2D eigenvalue weighted by Gasteiger charge is 2.21. The van der Waals surface area contributed by atoms with Crippen molar-refractivity contribution in [1.29, 1.82) is 0 Å². The Hall–Kier alpha value is -1.77. The maximum atomic E-state index is 6.05. The molecule has 1 fully saturated rings. The number of nitrogens with two attached hydrogens (primary N) is 1. The molecule has 2 aromatic rings. The van der Waals surface area contributed by atoms with Crippen LogP contribution in [-0.4, -0.2) is 5.16 Å². The third-order valence-electron chi connectivity index (χ3n) is 4.66. The Morgan fingerprint density at radius 2 is 1.86 bits per heavy atom. The molecule has 1 aromatic heterocycles. The summed E-state index contributed by atoms with van der Waals surface area (Å²) in [4.78, 5) is 0. The fraction of sp³-hybridized carbons (Fsp3) is 0.500. The molecule has 3 nitrogen and oxygen atoms in total. The van der Waals surface area contributed by atoms with Crippen LogP contribution in [0.1, 0.15) is 49.8 Å². The molecule has 2 N–H and O–H groups in total. The Labute approximate surface area is 126 Å². The predicted molar refractivity (Wildman–Crippen MR) is 86.0 cm³/mol. The maximum absolute atomic E-state index is 6.05. The van der Waals surface area contributed by atoms with E-state index in [0.717, 1.165) is 29.2 Å². The minimum absolute atomic E-state index is 0.452. The van der Waals surface area contributed by atoms with Crippen molar-refractivity contribution in [3.05, 3.63) is 35.5 Å². The van der Waals surface area contributed by atoms with Gasteiger partial charge in [0.15, 0.2) is 0 Å². The molecule has 0 bridgehead atoms. The normalized spacial score (nSPS) is 16.8. The first-order valence-corrected chi connectivity index (χ1v) is 8.05. The van der Waals surface area contributed by atoms with Gasteiger partial charge in [0, 0.05) is 0 Å². The lowest BCUT2D eigenvalue weighted by atomic mass is 9.91. The van der Waals surface area contributed by atoms with Gasteiger partial charge in [-0.15, -0.1) is 0 Å². The number of anilines is 1. The molecule has 0 saturated heterocycles. The number of hydrogen-bond acceptors (Lipinski definition) is 3. The molecule has 3 heteroatoms. The molecule has 0 unspecified atom stereocenters. The summed E-state index contributed by atoms with van der Waals surface area (Å²) in [6, 6.07) is 8.31. The molecule has 1 aromatic carbocycles. The standard InChI is InChI=1S/C18H24N2O/c1-13-8-6-7-11-15(13)17-16(20-21-18(17)19)12-14-9-4-2-3-5-10-14/h6-8,11,14H,2-5,9-10,12,19H2,1H3. The number of aryl methyl sites for hydroxylation is 1. The van der Waals surface area contributed by atoms with Crippen LogP contribution < -0.4 is 5.73 Å². The van der Waals surface area contributed by atoms with Gasteiger partial charge in [-0.05, 0) is 30.4 Å². The van der Waals surface area contributed by atoms with Crippen LogP contribution in [-0.2, 0) is 6.42 Å². The summed E-state index contributed by atoms with van der Waals surface area (Å²) < 4.78 is 5.31. The molecule has 112 valence electrons. The van der Waals surface area contributed by atoms with Gasteiger partial charge in [-0.1, -0.05) is 67.9 Å². The lowest BCUT2D eigenvalue weighted by Gasteiger charge is -2.13. The van der Waals surface area contributed by atoms with Crippen molar-refractivity contribution in [3.8, 4) is 11.1 Å². The van der Waals surface area contributed by atoms with E-state index in [1.54, 1.807) is 0 Å². The highest BCUT2D eigenvalue weighted by Crippen LogP contribution is 2.35. The van der Waals surface area contributed by atoms with Crippen LogP contribution in [0.2, 0.25) is 0 Å². The summed E-state index contributed by atoms with van der Waals surface area (Å²) in [6.07, 6.45) is 9.05. The molecule has 0 spiro atoms. The van der Waals surface area contributed by atoms with Crippen molar-refractivity contribution < 1.29 is 4.52 Å². The first-order chi connectivity index (χ1) is 10.3. The molecule has 21 heavy (non-hydrogen) atoms. The van der Waals surface area contributed by atoms with Crippen LogP contribution in [0.15, 0.2) is 28.8 Å². The molecule has 3 rings (SSSR count). The van der Waals surface area contributed by atoms with Gasteiger partial charge in [0.1, 0.15) is 0 Å². The average molecular weight is 284 g/mol. The zero-order valence-electron chi connectivity index (χ0n) is 12.8. The van der Waals surface area contributed by atoms with Crippen LogP contribution in [0.4, 0.5) is 5.88 Å². The van der Waals surface area contributed by atoms with E-state index in [1.165, 1.54) is 44.1 Å². The van der Waals surface area contributed by atoms with E-state index in [4.69, 9.17) is 10.3 Å². The number of benzene rings is 1. The summed E-state index contributed by atoms with van der Waals surface area (Å²) in [6.45, 7) is 2.11. The van der Waals surface area contributed by atoms with E-state index in [0.29, 0.717) is 5.88 Å². The Morgan fingerprint density at radius 3 is 2.57 bits per heavy atom. The predicted octanol–water partition coefficient (Wildman–Crippen LogP) is 4.75. The molecular weight excluding hydrogens is 260 g/mol. The first-order valence-electron chi connectivity index (χ1n) is 8.05. The van der Waals surface area contributed by atoms with Gasteiger partial charge in [0.05, 0.1) is 11.3 Å². The van der Waals surface area contributed by atoms with Crippen LogP contribution in [0, 0.1) is 12.8 Å². The van der Waals surface area contributed by atoms with Crippen LogP contribution >= 0.6 is 0 Å². The molecule has 0 atom stereocenters. The lowest BCUT2D eigenvalue weighted by Crippen LogP contribution is -2.05. The van der Waals surface area contributed by atoms with Crippen molar-refractivity contribution in [2.75, 3.05) is 5.73 Å². The number of rotatable bonds is 3. The Morgan fingerprint density at radius 1 is 1.14 bits per heavy atom. The molecule has 1 aliphatic rings. The third kappa shape index (κ3) is 3.12. The molecule has 0 radical (unpaired) electrons. The SMILES string of the molecule is Cc1ccccc1-c1c(CC2CCCCCC2)noc1N. The molecular formula is C18H24N2O. The second kappa shape index (κ2) is 6.33.